The van der Waals surface area contributed by atoms with E-state index in [1.165, 1.54) is 16.2 Å². The summed E-state index contributed by atoms with van der Waals surface area (Å²) in [5.41, 5.74) is 0. The fourth-order valence-corrected chi connectivity index (χ4v) is 2.56. The van der Waals surface area contributed by atoms with Gasteiger partial charge in [-0.2, -0.15) is 0 Å². The summed E-state index contributed by atoms with van der Waals surface area (Å²) in [6, 6.07) is 0. The van der Waals surface area contributed by atoms with Crippen LogP contribution in [0.25, 0.3) is 5.13 Å². The molecule has 0 aliphatic carbocycles. The van der Waals surface area contributed by atoms with Crippen LogP contribution in [0.4, 0.5) is 0 Å². The van der Waals surface area contributed by atoms with Crippen molar-refractivity contribution < 1.29 is 0 Å². The van der Waals surface area contributed by atoms with Crippen molar-refractivity contribution in [2.45, 2.75) is 13.8 Å². The summed E-state index contributed by atoms with van der Waals surface area (Å²) < 4.78 is 1.82. The monoisotopic (exact) mass is 211 g/mol. The van der Waals surface area contributed by atoms with Crippen LogP contribution in [0.15, 0.2) is 12.4 Å². The van der Waals surface area contributed by atoms with Gasteiger partial charge in [-0.15, -0.1) is 22.7 Å². The van der Waals surface area contributed by atoms with Crippen LogP contribution in [0.5, 0.6) is 0 Å². The highest BCUT2D eigenvalue weighted by Crippen LogP contribution is 2.16. The Morgan fingerprint density at radius 3 is 2.54 bits per heavy atom. The molecule has 0 atom stereocenters. The van der Waals surface area contributed by atoms with Gasteiger partial charge in [0.05, 0.1) is 0 Å². The minimum Gasteiger partial charge on any atom is -0.275 e. The second-order valence-electron chi connectivity index (χ2n) is 2.77. The smallest absolute Gasteiger partial charge is 0.196 e. The van der Waals surface area contributed by atoms with Gasteiger partial charge in [-0.05, 0) is 13.8 Å². The maximum atomic E-state index is 7.69. The molecule has 0 spiro atoms. The molecular weight excluding hydrogens is 202 g/mol. The Kier molecular flexibility index (Phi) is 2.05. The summed E-state index contributed by atoms with van der Waals surface area (Å²) in [6.45, 7) is 4.02. The third-order valence-electron chi connectivity index (χ3n) is 1.60. The molecule has 0 fully saturated rings. The Bertz CT molecular complexity index is 478. The van der Waals surface area contributed by atoms with Gasteiger partial charge in [0.15, 0.2) is 9.93 Å². The standard InChI is InChI=1S/C8H9N3S2/c1-5-3-10-8(13-5)11-4-6(2)12-7(11)9/h3-4,9H,1-2H3. The Labute approximate surface area is 83.8 Å². The molecular formula is C8H9N3S2. The maximum Gasteiger partial charge on any atom is 0.196 e. The molecule has 0 bridgehead atoms. The van der Waals surface area contributed by atoms with Gasteiger partial charge in [0.2, 0.25) is 0 Å². The van der Waals surface area contributed by atoms with Crippen molar-refractivity contribution >= 4 is 22.7 Å². The average molecular weight is 211 g/mol. The van der Waals surface area contributed by atoms with Crippen LogP contribution in [-0.2, 0) is 0 Å². The van der Waals surface area contributed by atoms with Crippen LogP contribution in [0.1, 0.15) is 9.75 Å². The van der Waals surface area contributed by atoms with Gasteiger partial charge in [-0.3, -0.25) is 9.98 Å². The molecule has 0 saturated carbocycles. The highest BCUT2D eigenvalue weighted by Gasteiger charge is 2.03. The van der Waals surface area contributed by atoms with E-state index >= 15 is 0 Å². The molecule has 1 N–H and O–H groups in total. The first-order valence-corrected chi connectivity index (χ1v) is 5.46. The van der Waals surface area contributed by atoms with E-state index in [1.54, 1.807) is 11.3 Å². The molecule has 2 aromatic rings. The molecule has 0 unspecified atom stereocenters. The minimum atomic E-state index is 0.534. The number of hydrogen-bond acceptors (Lipinski definition) is 4. The molecule has 0 aliphatic heterocycles. The Hall–Kier alpha value is -0.940. The van der Waals surface area contributed by atoms with E-state index in [0.29, 0.717) is 4.80 Å². The minimum absolute atomic E-state index is 0.534. The molecule has 2 heterocycles. The maximum absolute atomic E-state index is 7.69. The van der Waals surface area contributed by atoms with Crippen LogP contribution in [0, 0.1) is 19.3 Å². The summed E-state index contributed by atoms with van der Waals surface area (Å²) >= 11 is 3.08. The lowest BCUT2D eigenvalue weighted by molar-refractivity contribution is 0.959. The number of aryl methyl sites for hydroxylation is 2. The summed E-state index contributed by atoms with van der Waals surface area (Å²) in [6.07, 6.45) is 3.78. The molecule has 2 aromatic heterocycles. The molecule has 0 saturated heterocycles. The molecule has 2 rings (SSSR count). The number of thiazole rings is 2. The van der Waals surface area contributed by atoms with Crippen LogP contribution in [0.2, 0.25) is 0 Å². The molecule has 13 heavy (non-hydrogen) atoms. The second-order valence-corrected chi connectivity index (χ2v) is 5.22. The molecule has 0 aromatic carbocycles. The van der Waals surface area contributed by atoms with Crippen molar-refractivity contribution in [1.29, 1.82) is 5.41 Å². The third-order valence-corrected chi connectivity index (χ3v) is 3.33. The SMILES string of the molecule is Cc1cnc(-n2cc(C)sc2=N)s1. The van der Waals surface area contributed by atoms with Crippen LogP contribution >= 0.6 is 22.7 Å². The van der Waals surface area contributed by atoms with Gasteiger partial charge in [-0.25, -0.2) is 4.98 Å². The van der Waals surface area contributed by atoms with Crippen LogP contribution in [-0.4, -0.2) is 9.55 Å². The first kappa shape index (κ1) is 8.65. The van der Waals surface area contributed by atoms with Gasteiger partial charge in [0.25, 0.3) is 0 Å². The van der Waals surface area contributed by atoms with E-state index in [1.807, 2.05) is 30.8 Å². The van der Waals surface area contributed by atoms with Gasteiger partial charge < -0.3 is 0 Å². The zero-order valence-electron chi connectivity index (χ0n) is 7.37. The lowest BCUT2D eigenvalue weighted by Crippen LogP contribution is -2.08. The average Bonchev–Trinajstić information content (AvgIpc) is 2.58. The first-order valence-electron chi connectivity index (χ1n) is 3.83. The molecule has 0 aliphatic rings. The van der Waals surface area contributed by atoms with Crippen molar-refractivity contribution in [2.24, 2.45) is 0 Å². The number of hydrogen-bond donors (Lipinski definition) is 1. The Morgan fingerprint density at radius 2 is 2.08 bits per heavy atom. The Morgan fingerprint density at radius 1 is 1.31 bits per heavy atom. The number of aromatic nitrogens is 2. The van der Waals surface area contributed by atoms with Crippen molar-refractivity contribution in [3.8, 4) is 5.13 Å². The van der Waals surface area contributed by atoms with E-state index < -0.39 is 0 Å². The van der Waals surface area contributed by atoms with Gasteiger partial charge in [0.1, 0.15) is 0 Å². The predicted molar refractivity (Wildman–Crippen MR) is 54.6 cm³/mol. The quantitative estimate of drug-likeness (QED) is 0.771. The molecule has 0 amide bonds. The molecule has 68 valence electrons. The zero-order chi connectivity index (χ0) is 9.42. The van der Waals surface area contributed by atoms with E-state index in [0.717, 1.165) is 10.0 Å². The van der Waals surface area contributed by atoms with E-state index in [2.05, 4.69) is 4.98 Å². The zero-order valence-corrected chi connectivity index (χ0v) is 9.00. The summed E-state index contributed by atoms with van der Waals surface area (Å²) in [4.78, 5) is 7.07. The number of nitrogens with zero attached hydrogens (tertiary/aromatic N) is 2. The summed E-state index contributed by atoms with van der Waals surface area (Å²) in [7, 11) is 0. The summed E-state index contributed by atoms with van der Waals surface area (Å²) in [5, 5.41) is 8.57. The first-order chi connectivity index (χ1) is 6.16. The van der Waals surface area contributed by atoms with Crippen molar-refractivity contribution in [3.05, 3.63) is 26.9 Å². The van der Waals surface area contributed by atoms with Crippen LogP contribution in [0.3, 0.4) is 0 Å². The number of nitrogens with one attached hydrogen (secondary N) is 1. The van der Waals surface area contributed by atoms with E-state index in [-0.39, 0.29) is 0 Å². The van der Waals surface area contributed by atoms with E-state index in [4.69, 9.17) is 5.41 Å². The Balaban J connectivity index is 2.58. The fraction of sp³-hybridized carbons (Fsp3) is 0.250. The van der Waals surface area contributed by atoms with Crippen molar-refractivity contribution in [2.75, 3.05) is 0 Å². The largest absolute Gasteiger partial charge is 0.275 e. The van der Waals surface area contributed by atoms with Crippen LogP contribution < -0.4 is 4.80 Å². The third kappa shape index (κ3) is 1.57. The number of rotatable bonds is 1. The molecule has 5 heteroatoms. The van der Waals surface area contributed by atoms with E-state index in [9.17, 15) is 0 Å². The molecule has 3 nitrogen and oxygen atoms in total. The second kappa shape index (κ2) is 3.08. The summed E-state index contributed by atoms with van der Waals surface area (Å²) in [5.74, 6) is 0. The highest BCUT2D eigenvalue weighted by molar-refractivity contribution is 7.14. The topological polar surface area (TPSA) is 41.7 Å². The van der Waals surface area contributed by atoms with Gasteiger partial charge in [0, 0.05) is 22.1 Å². The lowest BCUT2D eigenvalue weighted by Gasteiger charge is -1.92. The molecule has 0 radical (unpaired) electrons. The van der Waals surface area contributed by atoms with Gasteiger partial charge >= 0.3 is 0 Å². The predicted octanol–water partition coefficient (Wildman–Crippen LogP) is 2.09. The lowest BCUT2D eigenvalue weighted by atomic mass is 10.6. The van der Waals surface area contributed by atoms with Crippen molar-refractivity contribution in [1.82, 2.24) is 9.55 Å². The van der Waals surface area contributed by atoms with Crippen molar-refractivity contribution in [3.63, 3.8) is 0 Å². The normalized spacial score (nSPS) is 10.6. The fourth-order valence-electron chi connectivity index (χ4n) is 1.06. The van der Waals surface area contributed by atoms with Gasteiger partial charge in [-0.1, -0.05) is 0 Å². The highest BCUT2D eigenvalue weighted by atomic mass is 32.1.